The molecule has 0 bridgehead atoms. The quantitative estimate of drug-likeness (QED) is 0.163. The van der Waals surface area contributed by atoms with Crippen molar-refractivity contribution in [3.05, 3.63) is 255 Å². The summed E-state index contributed by atoms with van der Waals surface area (Å²) in [6.07, 6.45) is 0. The maximum Gasteiger partial charge on any atom is 0.0619 e. The molecule has 18 rings (SSSR count). The maximum atomic E-state index is 2.50. The van der Waals surface area contributed by atoms with E-state index in [1.54, 1.807) is 0 Å². The molecule has 0 saturated heterocycles. The van der Waals surface area contributed by atoms with Gasteiger partial charge in [-0.15, -0.1) is 0 Å². The third-order valence-electron chi connectivity index (χ3n) is 18.1. The third kappa shape index (κ3) is 5.68. The van der Waals surface area contributed by atoms with Crippen LogP contribution < -0.4 is 9.80 Å². The second-order valence-corrected chi connectivity index (χ2v) is 22.0. The highest BCUT2D eigenvalue weighted by atomic mass is 15.1. The van der Waals surface area contributed by atoms with Crippen LogP contribution in [0.5, 0.6) is 0 Å². The van der Waals surface area contributed by atoms with Gasteiger partial charge in [-0.1, -0.05) is 206 Å². The van der Waals surface area contributed by atoms with Gasteiger partial charge >= 0.3 is 0 Å². The van der Waals surface area contributed by atoms with Crippen molar-refractivity contribution in [2.24, 2.45) is 0 Å². The van der Waals surface area contributed by atoms with Gasteiger partial charge in [0.25, 0.3) is 0 Å². The fourth-order valence-corrected chi connectivity index (χ4v) is 14.8. The molecule has 4 heteroatoms. The zero-order chi connectivity index (χ0) is 52.5. The van der Waals surface area contributed by atoms with Crippen LogP contribution in [0.4, 0.5) is 22.7 Å². The monoisotopic (exact) mass is 1020 g/mol. The number of aromatic nitrogens is 2. The lowest BCUT2D eigenvalue weighted by Crippen LogP contribution is -2.19. The standard InChI is InChI=1S/C76H48N4/c1-77-67-41-42-68-74-58(52-38-36-46(44-70(52)78(68)2)72-55-25-5-9-29-61(55)76(62-30-10-6-26-56(62)72)80-65-33-17-13-21-49(65)50-22-14-18-34-66(50)80)40-39-57(73(67)74)51-37-35-45(43-69(51)77)71-53-23-3-7-27-59(53)75(60-28-8-4-24-54(60)71)79-63-31-15-11-19-47(63)48-20-12-16-32-64(48)79/h3-44H,1-2H3. The van der Waals surface area contributed by atoms with Gasteiger partial charge in [-0.3, -0.25) is 0 Å². The number of rotatable bonds is 4. The Morgan fingerprint density at radius 1 is 0.225 bits per heavy atom. The Hall–Kier alpha value is -10.4. The van der Waals surface area contributed by atoms with Crippen molar-refractivity contribution in [1.29, 1.82) is 0 Å². The number of fused-ring (bicyclic) bond motifs is 14. The molecule has 4 nitrogen and oxygen atoms in total. The largest absolute Gasteiger partial charge is 0.344 e. The molecule has 0 aliphatic carbocycles. The van der Waals surface area contributed by atoms with E-state index in [-0.39, 0.29) is 0 Å². The smallest absolute Gasteiger partial charge is 0.0619 e. The molecule has 16 aromatic rings. The predicted octanol–water partition coefficient (Wildman–Crippen LogP) is 20.5. The molecular formula is C76H48N4. The number of hydrogen-bond acceptors (Lipinski definition) is 2. The van der Waals surface area contributed by atoms with Crippen LogP contribution in [0.25, 0.3) is 153 Å². The Balaban J connectivity index is 0.789. The van der Waals surface area contributed by atoms with Gasteiger partial charge < -0.3 is 18.9 Å². The summed E-state index contributed by atoms with van der Waals surface area (Å²) in [5, 5.41) is 17.5. The first-order chi connectivity index (χ1) is 39.6. The molecule has 0 atom stereocenters. The van der Waals surface area contributed by atoms with Gasteiger partial charge in [0.1, 0.15) is 0 Å². The van der Waals surface area contributed by atoms with Gasteiger partial charge in [0.05, 0.1) is 33.4 Å². The zero-order valence-corrected chi connectivity index (χ0v) is 44.0. The SMILES string of the molecule is CN1c2cc(-c3c4ccccc4c(-n4c5ccccc5c5ccccc54)c4ccccc34)ccc2-c2ccc3c4c(ccc1c24)N(C)c1cc(-c2c4ccccc4c(-n4c5ccccc5c5ccccc54)c4ccccc24)ccc1-3. The maximum absolute atomic E-state index is 2.50. The second-order valence-electron chi connectivity index (χ2n) is 22.0. The molecule has 80 heavy (non-hydrogen) atoms. The molecule has 0 radical (unpaired) electrons. The van der Waals surface area contributed by atoms with Crippen LogP contribution in [0.15, 0.2) is 255 Å². The first kappa shape index (κ1) is 43.7. The summed E-state index contributed by atoms with van der Waals surface area (Å²) in [5.41, 5.74) is 22.1. The zero-order valence-electron chi connectivity index (χ0n) is 44.0. The lowest BCUT2D eigenvalue weighted by Gasteiger charge is -2.36. The van der Waals surface area contributed by atoms with E-state index < -0.39 is 0 Å². The summed E-state index contributed by atoms with van der Waals surface area (Å²) in [6.45, 7) is 0. The van der Waals surface area contributed by atoms with E-state index in [2.05, 4.69) is 288 Å². The minimum absolute atomic E-state index is 1.20. The summed E-state index contributed by atoms with van der Waals surface area (Å²) in [6, 6.07) is 95.3. The van der Waals surface area contributed by atoms with Crippen molar-refractivity contribution >= 4 is 120 Å². The Morgan fingerprint density at radius 3 is 0.800 bits per heavy atom. The Morgan fingerprint density at radius 2 is 0.487 bits per heavy atom. The van der Waals surface area contributed by atoms with E-state index in [4.69, 9.17) is 0 Å². The van der Waals surface area contributed by atoms with Crippen molar-refractivity contribution in [1.82, 2.24) is 9.13 Å². The van der Waals surface area contributed by atoms with Crippen molar-refractivity contribution in [2.45, 2.75) is 0 Å². The molecule has 0 amide bonds. The molecule has 4 heterocycles. The Bertz CT molecular complexity index is 4860. The minimum Gasteiger partial charge on any atom is -0.344 e. The van der Waals surface area contributed by atoms with E-state index in [1.165, 1.54) is 176 Å². The highest BCUT2D eigenvalue weighted by molar-refractivity contribution is 6.26. The summed E-state index contributed by atoms with van der Waals surface area (Å²) >= 11 is 0. The first-order valence-electron chi connectivity index (χ1n) is 27.8. The number of nitrogens with zero attached hydrogens (tertiary/aromatic N) is 4. The average Bonchev–Trinajstić information content (AvgIpc) is 3.91. The molecule has 0 N–H and O–H groups in total. The molecular weight excluding hydrogens is 969 g/mol. The highest BCUT2D eigenvalue weighted by Crippen LogP contribution is 2.57. The Labute approximate surface area is 461 Å². The second kappa shape index (κ2) is 16.1. The number of anilines is 4. The average molecular weight is 1020 g/mol. The molecule has 0 fully saturated rings. The van der Waals surface area contributed by atoms with E-state index in [9.17, 15) is 0 Å². The van der Waals surface area contributed by atoms with Crippen LogP contribution in [0.3, 0.4) is 0 Å². The van der Waals surface area contributed by atoms with Crippen molar-refractivity contribution in [2.75, 3.05) is 23.9 Å². The van der Waals surface area contributed by atoms with Crippen LogP contribution in [-0.2, 0) is 0 Å². The molecule has 14 aromatic carbocycles. The summed E-state index contributed by atoms with van der Waals surface area (Å²) in [5.74, 6) is 0. The van der Waals surface area contributed by atoms with Crippen molar-refractivity contribution in [3.8, 4) is 55.9 Å². The fourth-order valence-electron chi connectivity index (χ4n) is 14.8. The van der Waals surface area contributed by atoms with Crippen LogP contribution in [0, 0.1) is 0 Å². The van der Waals surface area contributed by atoms with Gasteiger partial charge in [0.2, 0.25) is 0 Å². The molecule has 0 saturated carbocycles. The van der Waals surface area contributed by atoms with Crippen LogP contribution >= 0.6 is 0 Å². The summed E-state index contributed by atoms with van der Waals surface area (Å²) < 4.78 is 5.00. The van der Waals surface area contributed by atoms with Crippen molar-refractivity contribution < 1.29 is 0 Å². The van der Waals surface area contributed by atoms with Gasteiger partial charge in [-0.25, -0.2) is 0 Å². The van der Waals surface area contributed by atoms with Crippen LogP contribution in [0.1, 0.15) is 0 Å². The van der Waals surface area contributed by atoms with Gasteiger partial charge in [0.15, 0.2) is 0 Å². The predicted molar refractivity (Wildman–Crippen MR) is 341 cm³/mol. The summed E-state index contributed by atoms with van der Waals surface area (Å²) in [7, 11) is 4.51. The lowest BCUT2D eigenvalue weighted by atomic mass is 9.82. The minimum atomic E-state index is 1.20. The first-order valence-corrected chi connectivity index (χ1v) is 27.8. The van der Waals surface area contributed by atoms with Gasteiger partial charge in [0, 0.05) is 102 Å². The molecule has 2 aliphatic heterocycles. The molecule has 2 aliphatic rings. The van der Waals surface area contributed by atoms with Gasteiger partial charge in [-0.2, -0.15) is 0 Å². The van der Waals surface area contributed by atoms with Crippen LogP contribution in [-0.4, -0.2) is 23.2 Å². The number of benzene rings is 14. The number of hydrogen-bond donors (Lipinski definition) is 0. The number of para-hydroxylation sites is 4. The van der Waals surface area contributed by atoms with Crippen molar-refractivity contribution in [3.63, 3.8) is 0 Å². The topological polar surface area (TPSA) is 16.3 Å². The molecule has 0 unspecified atom stereocenters. The Kier molecular flexibility index (Phi) is 8.77. The van der Waals surface area contributed by atoms with E-state index in [0.29, 0.717) is 0 Å². The van der Waals surface area contributed by atoms with E-state index >= 15 is 0 Å². The van der Waals surface area contributed by atoms with Crippen LogP contribution in [0.2, 0.25) is 0 Å². The van der Waals surface area contributed by atoms with Gasteiger partial charge in [-0.05, 0) is 103 Å². The van der Waals surface area contributed by atoms with E-state index in [1.807, 2.05) is 0 Å². The molecule has 0 spiro atoms. The normalized spacial score (nSPS) is 12.8. The summed E-state index contributed by atoms with van der Waals surface area (Å²) in [4.78, 5) is 4.87. The van der Waals surface area contributed by atoms with E-state index in [0.717, 1.165) is 0 Å². The third-order valence-corrected chi connectivity index (χ3v) is 18.1. The molecule has 2 aromatic heterocycles. The highest BCUT2D eigenvalue weighted by Gasteiger charge is 2.32. The fraction of sp³-hybridized carbons (Fsp3) is 0.0263. The molecule has 372 valence electrons. The lowest BCUT2D eigenvalue weighted by molar-refractivity contribution is 1.19.